The van der Waals surface area contributed by atoms with E-state index < -0.39 is 20.0 Å². The van der Waals surface area contributed by atoms with Gasteiger partial charge in [-0.2, -0.15) is 0 Å². The average molecular weight is 423 g/mol. The molecule has 0 spiro atoms. The molecule has 0 aromatic heterocycles. The maximum absolute atomic E-state index is 12.6. The minimum Gasteiger partial charge on any atom is -0.280 e. The Bertz CT molecular complexity index is 1010. The Kier molecular flexibility index (Phi) is 6.12. The van der Waals surface area contributed by atoms with Crippen LogP contribution in [0.15, 0.2) is 58.3 Å². The van der Waals surface area contributed by atoms with Gasteiger partial charge in [0, 0.05) is 19.8 Å². The van der Waals surface area contributed by atoms with Crippen molar-refractivity contribution in [3.63, 3.8) is 0 Å². The summed E-state index contributed by atoms with van der Waals surface area (Å²) in [5, 5.41) is 0. The Balaban J connectivity index is 1.74. The van der Waals surface area contributed by atoms with E-state index in [9.17, 15) is 16.8 Å². The third-order valence-electron chi connectivity index (χ3n) is 5.15. The highest BCUT2D eigenvalue weighted by Gasteiger charge is 2.20. The molecule has 2 aromatic rings. The first-order chi connectivity index (χ1) is 13.2. The van der Waals surface area contributed by atoms with E-state index in [0.717, 1.165) is 17.1 Å². The lowest BCUT2D eigenvalue weighted by Crippen LogP contribution is -2.22. The Labute approximate surface area is 167 Å². The van der Waals surface area contributed by atoms with Gasteiger partial charge in [-0.25, -0.2) is 21.1 Å². The van der Waals surface area contributed by atoms with E-state index in [-0.39, 0.29) is 9.79 Å². The lowest BCUT2D eigenvalue weighted by Gasteiger charge is -2.22. The fraction of sp³-hybridized carbons (Fsp3) is 0.400. The summed E-state index contributed by atoms with van der Waals surface area (Å²) in [7, 11) is -4.39. The summed E-state index contributed by atoms with van der Waals surface area (Å²) in [5.41, 5.74) is 1.51. The number of sulfonamides is 2. The van der Waals surface area contributed by atoms with Crippen molar-refractivity contribution in [3.8, 4) is 0 Å². The van der Waals surface area contributed by atoms with Crippen molar-refractivity contribution in [1.29, 1.82) is 0 Å². The van der Waals surface area contributed by atoms with Crippen LogP contribution in [0.4, 0.5) is 5.69 Å². The fourth-order valence-electron chi connectivity index (χ4n) is 3.47. The molecular weight excluding hydrogens is 396 g/mol. The lowest BCUT2D eigenvalue weighted by atomic mass is 9.84. The molecule has 1 aliphatic carbocycles. The molecule has 0 saturated heterocycles. The molecule has 0 bridgehead atoms. The lowest BCUT2D eigenvalue weighted by molar-refractivity contribution is 0.443. The van der Waals surface area contributed by atoms with Crippen molar-refractivity contribution in [2.45, 2.75) is 47.8 Å². The Morgan fingerprint density at radius 1 is 0.786 bits per heavy atom. The number of benzene rings is 2. The molecule has 3 rings (SSSR count). The standard InChI is InChI=1S/C20H26N2O4S2/c1-22(2)28(25,26)20-14-10-18(11-15-20)21-27(23,24)19-12-8-17(9-13-19)16-6-4-3-5-7-16/h8-16,21H,3-7H2,1-2H3. The van der Waals surface area contributed by atoms with Crippen LogP contribution >= 0.6 is 0 Å². The summed E-state index contributed by atoms with van der Waals surface area (Å²) in [6.07, 6.45) is 6.05. The van der Waals surface area contributed by atoms with Gasteiger partial charge < -0.3 is 0 Å². The summed E-state index contributed by atoms with van der Waals surface area (Å²) in [6.45, 7) is 0. The fourth-order valence-corrected chi connectivity index (χ4v) is 5.44. The molecule has 0 heterocycles. The zero-order valence-corrected chi connectivity index (χ0v) is 17.8. The Morgan fingerprint density at radius 2 is 1.32 bits per heavy atom. The zero-order chi connectivity index (χ0) is 20.4. The van der Waals surface area contributed by atoms with Crippen molar-refractivity contribution in [1.82, 2.24) is 4.31 Å². The highest BCUT2D eigenvalue weighted by atomic mass is 32.2. The van der Waals surface area contributed by atoms with E-state index >= 15 is 0 Å². The van der Waals surface area contributed by atoms with E-state index in [0.29, 0.717) is 11.6 Å². The highest BCUT2D eigenvalue weighted by molar-refractivity contribution is 7.92. The first-order valence-corrected chi connectivity index (χ1v) is 12.3. The summed E-state index contributed by atoms with van der Waals surface area (Å²) >= 11 is 0. The van der Waals surface area contributed by atoms with Crippen molar-refractivity contribution >= 4 is 25.7 Å². The SMILES string of the molecule is CN(C)S(=O)(=O)c1ccc(NS(=O)(=O)c2ccc(C3CCCCC3)cc2)cc1. The molecule has 0 amide bonds. The third kappa shape index (κ3) is 4.56. The second kappa shape index (κ2) is 8.23. The van der Waals surface area contributed by atoms with E-state index in [4.69, 9.17) is 0 Å². The predicted octanol–water partition coefficient (Wildman–Crippen LogP) is 3.79. The van der Waals surface area contributed by atoms with Gasteiger partial charge in [0.25, 0.3) is 10.0 Å². The molecule has 28 heavy (non-hydrogen) atoms. The smallest absolute Gasteiger partial charge is 0.261 e. The van der Waals surface area contributed by atoms with Gasteiger partial charge in [0.05, 0.1) is 9.79 Å². The maximum atomic E-state index is 12.6. The van der Waals surface area contributed by atoms with Crippen LogP contribution in [0.25, 0.3) is 0 Å². The quantitative estimate of drug-likeness (QED) is 0.768. The van der Waals surface area contributed by atoms with Crippen molar-refractivity contribution in [2.24, 2.45) is 0 Å². The topological polar surface area (TPSA) is 83.6 Å². The molecule has 0 atom stereocenters. The van der Waals surface area contributed by atoms with Crippen molar-refractivity contribution < 1.29 is 16.8 Å². The van der Waals surface area contributed by atoms with Gasteiger partial charge in [-0.1, -0.05) is 31.4 Å². The summed E-state index contributed by atoms with van der Waals surface area (Å²) in [4.78, 5) is 0.300. The van der Waals surface area contributed by atoms with E-state index in [2.05, 4.69) is 4.72 Å². The summed E-state index contributed by atoms with van der Waals surface area (Å²) < 4.78 is 53.1. The van der Waals surface area contributed by atoms with Crippen LogP contribution in [-0.2, 0) is 20.0 Å². The number of anilines is 1. The van der Waals surface area contributed by atoms with Gasteiger partial charge in [-0.3, -0.25) is 4.72 Å². The van der Waals surface area contributed by atoms with Crippen LogP contribution in [0.3, 0.4) is 0 Å². The van der Waals surface area contributed by atoms with Crippen LogP contribution in [0.1, 0.15) is 43.6 Å². The predicted molar refractivity (Wildman–Crippen MR) is 110 cm³/mol. The summed E-state index contributed by atoms with van der Waals surface area (Å²) in [6, 6.07) is 12.7. The van der Waals surface area contributed by atoms with Gasteiger partial charge in [0.2, 0.25) is 10.0 Å². The van der Waals surface area contributed by atoms with Gasteiger partial charge in [-0.15, -0.1) is 0 Å². The van der Waals surface area contributed by atoms with Gasteiger partial charge in [0.15, 0.2) is 0 Å². The Morgan fingerprint density at radius 3 is 1.86 bits per heavy atom. The number of nitrogens with zero attached hydrogens (tertiary/aromatic N) is 1. The van der Waals surface area contributed by atoms with Crippen LogP contribution < -0.4 is 4.72 Å². The maximum Gasteiger partial charge on any atom is 0.261 e. The highest BCUT2D eigenvalue weighted by Crippen LogP contribution is 2.33. The normalized spacial score (nSPS) is 16.2. The first-order valence-electron chi connectivity index (χ1n) is 9.35. The first kappa shape index (κ1) is 20.8. The molecule has 0 unspecified atom stereocenters. The number of hydrogen-bond acceptors (Lipinski definition) is 4. The second-order valence-electron chi connectivity index (χ2n) is 7.32. The minimum atomic E-state index is -3.74. The molecule has 152 valence electrons. The third-order valence-corrected chi connectivity index (χ3v) is 8.38. The van der Waals surface area contributed by atoms with E-state index in [1.807, 2.05) is 12.1 Å². The van der Waals surface area contributed by atoms with Crippen molar-refractivity contribution in [2.75, 3.05) is 18.8 Å². The number of nitrogens with one attached hydrogen (secondary N) is 1. The summed E-state index contributed by atoms with van der Waals surface area (Å²) in [5.74, 6) is 0.518. The molecular formula is C20H26N2O4S2. The van der Waals surface area contributed by atoms with E-state index in [1.54, 1.807) is 12.1 Å². The number of hydrogen-bond donors (Lipinski definition) is 1. The molecule has 1 fully saturated rings. The molecule has 0 radical (unpaired) electrons. The molecule has 8 heteroatoms. The van der Waals surface area contributed by atoms with Crippen LogP contribution in [0.5, 0.6) is 0 Å². The van der Waals surface area contributed by atoms with Crippen LogP contribution in [0.2, 0.25) is 0 Å². The van der Waals surface area contributed by atoms with Crippen molar-refractivity contribution in [3.05, 3.63) is 54.1 Å². The van der Waals surface area contributed by atoms with Crippen LogP contribution in [-0.4, -0.2) is 35.2 Å². The monoisotopic (exact) mass is 422 g/mol. The zero-order valence-electron chi connectivity index (χ0n) is 16.1. The Hall–Kier alpha value is -1.90. The molecule has 1 N–H and O–H groups in total. The second-order valence-corrected chi connectivity index (χ2v) is 11.2. The van der Waals surface area contributed by atoms with E-state index in [1.165, 1.54) is 63.2 Å². The average Bonchev–Trinajstić information content (AvgIpc) is 2.69. The largest absolute Gasteiger partial charge is 0.280 e. The molecule has 6 nitrogen and oxygen atoms in total. The number of rotatable bonds is 6. The molecule has 2 aromatic carbocycles. The van der Waals surface area contributed by atoms with Gasteiger partial charge >= 0.3 is 0 Å². The van der Waals surface area contributed by atoms with Gasteiger partial charge in [-0.05, 0) is 60.7 Å². The van der Waals surface area contributed by atoms with Gasteiger partial charge in [0.1, 0.15) is 0 Å². The molecule has 1 aliphatic rings. The molecule has 0 aliphatic heterocycles. The van der Waals surface area contributed by atoms with Crippen LogP contribution in [0, 0.1) is 0 Å². The molecule has 1 saturated carbocycles. The minimum absolute atomic E-state index is 0.109.